The number of amides is 1. The third-order valence-corrected chi connectivity index (χ3v) is 1.10. The highest BCUT2D eigenvalue weighted by Crippen LogP contribution is 1.96. The first-order valence-corrected chi connectivity index (χ1v) is 2.84. The van der Waals surface area contributed by atoms with E-state index in [1.807, 2.05) is 6.92 Å². The monoisotopic (exact) mass is 135 g/mol. The van der Waals surface area contributed by atoms with Crippen LogP contribution in [0, 0.1) is 13.0 Å². The summed E-state index contributed by atoms with van der Waals surface area (Å²) in [4.78, 5) is 14.2. The van der Waals surface area contributed by atoms with Gasteiger partial charge in [-0.15, -0.1) is 0 Å². The maximum Gasteiger partial charge on any atom is 0.267 e. The molecule has 3 heteroatoms. The molecule has 51 valence electrons. The fourth-order valence-electron chi connectivity index (χ4n) is 0.622. The number of nitrogens with zero attached hydrogens (tertiary/aromatic N) is 1. The van der Waals surface area contributed by atoms with Gasteiger partial charge >= 0.3 is 0 Å². The van der Waals surface area contributed by atoms with Crippen molar-refractivity contribution >= 4 is 5.91 Å². The summed E-state index contributed by atoms with van der Waals surface area (Å²) in [5.74, 6) is -0.503. The normalized spacial score (nSPS) is 9.30. The Morgan fingerprint density at radius 1 is 1.80 bits per heavy atom. The second-order valence-corrected chi connectivity index (χ2v) is 1.98. The Morgan fingerprint density at radius 2 is 2.50 bits per heavy atom. The summed E-state index contributed by atoms with van der Waals surface area (Å²) in [6.07, 6.45) is 1.44. The zero-order valence-corrected chi connectivity index (χ0v) is 5.59. The zero-order chi connectivity index (χ0) is 7.56. The average molecular weight is 135 g/mol. The minimum absolute atomic E-state index is 0.288. The van der Waals surface area contributed by atoms with Crippen molar-refractivity contribution in [3.8, 4) is 0 Å². The van der Waals surface area contributed by atoms with Crippen LogP contribution in [0.25, 0.3) is 0 Å². The molecule has 0 spiro atoms. The standard InChI is InChI=1S/C7H7N2O/c1-5-2-3-9-6(4-5)7(8)10/h3-4H,1H3,(H2,8,10). The summed E-state index contributed by atoms with van der Waals surface area (Å²) in [6, 6.07) is 4.41. The van der Waals surface area contributed by atoms with Crippen molar-refractivity contribution in [3.63, 3.8) is 0 Å². The molecule has 2 N–H and O–H groups in total. The quantitative estimate of drug-likeness (QED) is 0.601. The summed E-state index contributed by atoms with van der Waals surface area (Å²) >= 11 is 0. The Hall–Kier alpha value is -1.38. The minimum Gasteiger partial charge on any atom is -0.364 e. The minimum atomic E-state index is -0.503. The topological polar surface area (TPSA) is 56.0 Å². The molecular formula is C7H7N2O. The Labute approximate surface area is 58.9 Å². The number of hydrogen-bond acceptors (Lipinski definition) is 2. The van der Waals surface area contributed by atoms with Crippen LogP contribution in [0.1, 0.15) is 16.1 Å². The van der Waals surface area contributed by atoms with Crippen molar-refractivity contribution in [1.29, 1.82) is 0 Å². The number of hydrogen-bond donors (Lipinski definition) is 1. The molecule has 1 rings (SSSR count). The first-order chi connectivity index (χ1) is 4.70. The Kier molecular flexibility index (Phi) is 1.67. The summed E-state index contributed by atoms with van der Waals surface area (Å²) in [5, 5.41) is 0. The lowest BCUT2D eigenvalue weighted by Gasteiger charge is -1.93. The molecule has 1 aromatic heterocycles. The van der Waals surface area contributed by atoms with Crippen LogP contribution in [-0.4, -0.2) is 10.9 Å². The van der Waals surface area contributed by atoms with Gasteiger partial charge in [-0.3, -0.25) is 9.78 Å². The van der Waals surface area contributed by atoms with Gasteiger partial charge in [0.2, 0.25) is 0 Å². The fraction of sp³-hybridized carbons (Fsp3) is 0.143. The Bertz CT molecular complexity index is 258. The SMILES string of the molecule is Cc1[c]cnc(C(N)=O)c1. The van der Waals surface area contributed by atoms with Crippen molar-refractivity contribution in [2.75, 3.05) is 0 Å². The molecule has 0 aliphatic carbocycles. The molecule has 1 heterocycles. The van der Waals surface area contributed by atoms with E-state index in [1.165, 1.54) is 6.20 Å². The van der Waals surface area contributed by atoms with E-state index >= 15 is 0 Å². The maximum atomic E-state index is 10.5. The molecule has 0 saturated carbocycles. The molecule has 1 aromatic rings. The van der Waals surface area contributed by atoms with Gasteiger partial charge in [-0.25, -0.2) is 0 Å². The predicted molar refractivity (Wildman–Crippen MR) is 36.3 cm³/mol. The van der Waals surface area contributed by atoms with Crippen LogP contribution in [0.2, 0.25) is 0 Å². The summed E-state index contributed by atoms with van der Waals surface area (Å²) in [6.45, 7) is 1.83. The van der Waals surface area contributed by atoms with Gasteiger partial charge in [0, 0.05) is 12.3 Å². The van der Waals surface area contributed by atoms with Crippen molar-refractivity contribution < 1.29 is 4.79 Å². The Morgan fingerprint density at radius 3 is 2.90 bits per heavy atom. The number of carbonyl (C=O) groups is 1. The number of pyridine rings is 1. The van der Waals surface area contributed by atoms with Gasteiger partial charge in [0.25, 0.3) is 5.91 Å². The number of aryl methyl sites for hydroxylation is 1. The molecule has 1 amide bonds. The highest BCUT2D eigenvalue weighted by atomic mass is 16.1. The van der Waals surface area contributed by atoms with Gasteiger partial charge in [-0.05, 0) is 18.6 Å². The molecule has 0 atom stereocenters. The highest BCUT2D eigenvalue weighted by Gasteiger charge is 1.99. The molecule has 10 heavy (non-hydrogen) atoms. The van der Waals surface area contributed by atoms with Gasteiger partial charge < -0.3 is 5.73 Å². The van der Waals surface area contributed by atoms with Gasteiger partial charge in [0.15, 0.2) is 0 Å². The van der Waals surface area contributed by atoms with Crippen LogP contribution in [0.5, 0.6) is 0 Å². The lowest BCUT2D eigenvalue weighted by Crippen LogP contribution is -2.12. The van der Waals surface area contributed by atoms with Crippen LogP contribution in [0.15, 0.2) is 12.3 Å². The summed E-state index contributed by atoms with van der Waals surface area (Å²) in [5.41, 5.74) is 6.12. The number of primary amides is 1. The molecule has 3 nitrogen and oxygen atoms in total. The maximum absolute atomic E-state index is 10.5. The first-order valence-electron chi connectivity index (χ1n) is 2.84. The predicted octanol–water partition coefficient (Wildman–Crippen LogP) is 0.289. The van der Waals surface area contributed by atoms with Gasteiger partial charge in [0.05, 0.1) is 0 Å². The summed E-state index contributed by atoms with van der Waals surface area (Å²) in [7, 11) is 0. The van der Waals surface area contributed by atoms with E-state index in [0.717, 1.165) is 5.56 Å². The van der Waals surface area contributed by atoms with Gasteiger partial charge in [-0.2, -0.15) is 0 Å². The zero-order valence-electron chi connectivity index (χ0n) is 5.59. The fourth-order valence-corrected chi connectivity index (χ4v) is 0.622. The van der Waals surface area contributed by atoms with Gasteiger partial charge in [-0.1, -0.05) is 0 Å². The number of rotatable bonds is 1. The smallest absolute Gasteiger partial charge is 0.267 e. The van der Waals surface area contributed by atoms with Crippen molar-refractivity contribution in [2.45, 2.75) is 6.92 Å². The van der Waals surface area contributed by atoms with Crippen LogP contribution in [0.4, 0.5) is 0 Å². The molecule has 0 aliphatic heterocycles. The second kappa shape index (κ2) is 2.47. The van der Waals surface area contributed by atoms with Crippen molar-refractivity contribution in [3.05, 3.63) is 29.6 Å². The van der Waals surface area contributed by atoms with Crippen LogP contribution < -0.4 is 5.73 Å². The van der Waals surface area contributed by atoms with E-state index in [4.69, 9.17) is 5.73 Å². The van der Waals surface area contributed by atoms with E-state index in [-0.39, 0.29) is 5.69 Å². The van der Waals surface area contributed by atoms with E-state index in [9.17, 15) is 4.79 Å². The van der Waals surface area contributed by atoms with Gasteiger partial charge in [0.1, 0.15) is 5.69 Å². The molecule has 0 aromatic carbocycles. The third kappa shape index (κ3) is 1.31. The molecule has 0 aliphatic rings. The second-order valence-electron chi connectivity index (χ2n) is 1.98. The van der Waals surface area contributed by atoms with E-state index in [0.29, 0.717) is 0 Å². The molecule has 0 bridgehead atoms. The highest BCUT2D eigenvalue weighted by molar-refractivity contribution is 5.90. The van der Waals surface area contributed by atoms with Crippen LogP contribution >= 0.6 is 0 Å². The number of aromatic nitrogens is 1. The lowest BCUT2D eigenvalue weighted by molar-refractivity contribution is 0.0995. The largest absolute Gasteiger partial charge is 0.364 e. The average Bonchev–Trinajstić information content (AvgIpc) is 1.88. The molecule has 0 saturated heterocycles. The lowest BCUT2D eigenvalue weighted by atomic mass is 10.2. The molecular weight excluding hydrogens is 128 g/mol. The Balaban J connectivity index is 3.07. The number of nitrogens with two attached hydrogens (primary N) is 1. The van der Waals surface area contributed by atoms with E-state index in [2.05, 4.69) is 11.1 Å². The molecule has 1 radical (unpaired) electrons. The van der Waals surface area contributed by atoms with Crippen LogP contribution in [0.3, 0.4) is 0 Å². The van der Waals surface area contributed by atoms with E-state index < -0.39 is 5.91 Å². The van der Waals surface area contributed by atoms with Crippen LogP contribution in [-0.2, 0) is 0 Å². The number of carbonyl (C=O) groups excluding carboxylic acids is 1. The van der Waals surface area contributed by atoms with E-state index in [1.54, 1.807) is 6.07 Å². The van der Waals surface area contributed by atoms with Crippen molar-refractivity contribution in [1.82, 2.24) is 4.98 Å². The molecule has 0 fully saturated rings. The van der Waals surface area contributed by atoms with Crippen molar-refractivity contribution in [2.24, 2.45) is 5.73 Å². The third-order valence-electron chi connectivity index (χ3n) is 1.10. The summed E-state index contributed by atoms with van der Waals surface area (Å²) < 4.78 is 0. The first kappa shape index (κ1) is 6.74. The molecule has 0 unspecified atom stereocenters.